The second kappa shape index (κ2) is 8.39. The Morgan fingerprint density at radius 3 is 2.46 bits per heavy atom. The van der Waals surface area contributed by atoms with Crippen LogP contribution in [0.1, 0.15) is 29.2 Å². The summed E-state index contributed by atoms with van der Waals surface area (Å²) in [5, 5.41) is 6.71. The number of thiazole rings is 1. The predicted octanol–water partition coefficient (Wildman–Crippen LogP) is 4.01. The number of methoxy groups -OCH3 is 1. The van der Waals surface area contributed by atoms with Crippen LogP contribution < -0.4 is 15.4 Å². The zero-order chi connectivity index (χ0) is 20.3. The van der Waals surface area contributed by atoms with Crippen molar-refractivity contribution in [2.45, 2.75) is 26.8 Å². The molecule has 0 spiro atoms. The zero-order valence-corrected chi connectivity index (χ0v) is 17.1. The van der Waals surface area contributed by atoms with Crippen LogP contribution in [0, 0.1) is 12.8 Å². The summed E-state index contributed by atoms with van der Waals surface area (Å²) in [5.41, 5.74) is 2.07. The first-order valence-electron chi connectivity index (χ1n) is 9.00. The highest BCUT2D eigenvalue weighted by Gasteiger charge is 2.25. The van der Waals surface area contributed by atoms with Crippen LogP contribution in [-0.4, -0.2) is 29.9 Å². The molecule has 3 aromatic rings. The third-order valence-corrected chi connectivity index (χ3v) is 5.28. The van der Waals surface area contributed by atoms with Crippen LogP contribution in [0.5, 0.6) is 5.75 Å². The minimum absolute atomic E-state index is 0.0726. The van der Waals surface area contributed by atoms with Crippen molar-refractivity contribution in [3.05, 3.63) is 53.0 Å². The average Bonchev–Trinajstić information content (AvgIpc) is 3.04. The third kappa shape index (κ3) is 4.48. The molecule has 0 bridgehead atoms. The number of carbonyl (C=O) groups is 2. The first-order valence-corrected chi connectivity index (χ1v) is 9.82. The summed E-state index contributed by atoms with van der Waals surface area (Å²) in [6.07, 6.45) is 0. The van der Waals surface area contributed by atoms with Crippen LogP contribution in [0.4, 0.5) is 5.69 Å². The molecule has 146 valence electrons. The first-order chi connectivity index (χ1) is 13.4. The van der Waals surface area contributed by atoms with Gasteiger partial charge in [0.2, 0.25) is 5.91 Å². The second-order valence-electron chi connectivity index (χ2n) is 6.83. The van der Waals surface area contributed by atoms with Gasteiger partial charge in [-0.15, -0.1) is 11.3 Å². The Morgan fingerprint density at radius 1 is 1.11 bits per heavy atom. The number of benzene rings is 2. The fraction of sp³-hybridized carbons (Fsp3) is 0.286. The molecule has 3 rings (SSSR count). The lowest BCUT2D eigenvalue weighted by molar-refractivity contribution is -0.118. The normalized spacial score (nSPS) is 12.0. The Labute approximate surface area is 167 Å². The van der Waals surface area contributed by atoms with Gasteiger partial charge in [0, 0.05) is 11.3 Å². The molecule has 0 unspecified atom stereocenters. The van der Waals surface area contributed by atoms with Gasteiger partial charge in [0.1, 0.15) is 11.8 Å². The number of aromatic nitrogens is 1. The van der Waals surface area contributed by atoms with E-state index >= 15 is 0 Å². The molecule has 6 nitrogen and oxygen atoms in total. The Kier molecular flexibility index (Phi) is 5.94. The molecule has 1 aromatic heterocycles. The fourth-order valence-corrected chi connectivity index (χ4v) is 3.71. The molecule has 1 heterocycles. The number of hydrogen-bond acceptors (Lipinski definition) is 5. The van der Waals surface area contributed by atoms with E-state index in [4.69, 9.17) is 4.74 Å². The number of aryl methyl sites for hydroxylation is 1. The summed E-state index contributed by atoms with van der Waals surface area (Å²) in [7, 11) is 1.57. The molecular formula is C21H23N3O3S. The Bertz CT molecular complexity index is 996. The predicted molar refractivity (Wildman–Crippen MR) is 112 cm³/mol. The van der Waals surface area contributed by atoms with Crippen molar-refractivity contribution in [1.29, 1.82) is 0 Å². The van der Waals surface area contributed by atoms with Gasteiger partial charge < -0.3 is 15.4 Å². The van der Waals surface area contributed by atoms with E-state index in [9.17, 15) is 9.59 Å². The van der Waals surface area contributed by atoms with E-state index < -0.39 is 6.04 Å². The minimum atomic E-state index is -0.659. The Balaban J connectivity index is 1.72. The summed E-state index contributed by atoms with van der Waals surface area (Å²) in [5.74, 6) is 0.0439. The van der Waals surface area contributed by atoms with Gasteiger partial charge in [-0.3, -0.25) is 9.59 Å². The summed E-state index contributed by atoms with van der Waals surface area (Å²) in [4.78, 5) is 29.8. The summed E-state index contributed by atoms with van der Waals surface area (Å²) >= 11 is 1.58. The first kappa shape index (κ1) is 19.8. The molecule has 2 N–H and O–H groups in total. The van der Waals surface area contributed by atoms with Crippen molar-refractivity contribution in [2.24, 2.45) is 5.92 Å². The van der Waals surface area contributed by atoms with E-state index in [0.717, 1.165) is 15.2 Å². The largest absolute Gasteiger partial charge is 0.497 e. The van der Waals surface area contributed by atoms with Crippen LogP contribution in [0.2, 0.25) is 0 Å². The van der Waals surface area contributed by atoms with Gasteiger partial charge in [-0.1, -0.05) is 13.8 Å². The van der Waals surface area contributed by atoms with Crippen molar-refractivity contribution < 1.29 is 14.3 Å². The number of nitrogens with one attached hydrogen (secondary N) is 2. The molecule has 0 aliphatic rings. The Morgan fingerprint density at radius 2 is 1.82 bits per heavy atom. The van der Waals surface area contributed by atoms with Crippen molar-refractivity contribution in [1.82, 2.24) is 10.3 Å². The topological polar surface area (TPSA) is 80.3 Å². The number of anilines is 1. The van der Waals surface area contributed by atoms with E-state index in [1.165, 1.54) is 0 Å². The minimum Gasteiger partial charge on any atom is -0.497 e. The van der Waals surface area contributed by atoms with E-state index in [1.807, 2.05) is 39.0 Å². The van der Waals surface area contributed by atoms with E-state index in [1.54, 1.807) is 42.7 Å². The van der Waals surface area contributed by atoms with Gasteiger partial charge in [0.05, 0.1) is 22.3 Å². The number of hydrogen-bond donors (Lipinski definition) is 2. The highest BCUT2D eigenvalue weighted by molar-refractivity contribution is 7.18. The van der Waals surface area contributed by atoms with Crippen molar-refractivity contribution >= 4 is 39.1 Å². The molecule has 0 radical (unpaired) electrons. The van der Waals surface area contributed by atoms with Gasteiger partial charge in [-0.25, -0.2) is 4.98 Å². The average molecular weight is 398 g/mol. The number of carbonyl (C=O) groups excluding carboxylic acids is 2. The summed E-state index contributed by atoms with van der Waals surface area (Å²) < 4.78 is 6.12. The number of fused-ring (bicyclic) bond motifs is 1. The van der Waals surface area contributed by atoms with Gasteiger partial charge in [-0.2, -0.15) is 0 Å². The number of ether oxygens (including phenoxy) is 1. The fourth-order valence-electron chi connectivity index (χ4n) is 2.84. The van der Waals surface area contributed by atoms with Gasteiger partial charge in [0.15, 0.2) is 0 Å². The van der Waals surface area contributed by atoms with Crippen molar-refractivity contribution in [3.8, 4) is 5.75 Å². The van der Waals surface area contributed by atoms with Crippen molar-refractivity contribution in [3.63, 3.8) is 0 Å². The lowest BCUT2D eigenvalue weighted by Crippen LogP contribution is -2.47. The number of nitrogens with zero attached hydrogens (tertiary/aromatic N) is 1. The van der Waals surface area contributed by atoms with Crippen LogP contribution in [0.3, 0.4) is 0 Å². The molecule has 7 heteroatoms. The maximum atomic E-state index is 12.8. The Hall–Kier alpha value is -2.93. The molecule has 0 aliphatic carbocycles. The van der Waals surface area contributed by atoms with E-state index in [-0.39, 0.29) is 17.7 Å². The van der Waals surface area contributed by atoms with Gasteiger partial charge >= 0.3 is 0 Å². The monoisotopic (exact) mass is 397 g/mol. The number of rotatable bonds is 6. The molecule has 0 aliphatic heterocycles. The molecule has 0 saturated heterocycles. The smallest absolute Gasteiger partial charge is 0.251 e. The molecule has 1 atom stereocenters. The maximum Gasteiger partial charge on any atom is 0.251 e. The van der Waals surface area contributed by atoms with E-state index in [0.29, 0.717) is 17.0 Å². The molecule has 28 heavy (non-hydrogen) atoms. The molecule has 0 saturated carbocycles. The van der Waals surface area contributed by atoms with Gasteiger partial charge in [0.25, 0.3) is 5.91 Å². The van der Waals surface area contributed by atoms with Crippen LogP contribution in [0.15, 0.2) is 42.5 Å². The SMILES string of the molecule is COc1ccc(C(=O)N[C@H](C(=O)Nc2ccc3nc(C)sc3c2)C(C)C)cc1. The summed E-state index contributed by atoms with van der Waals surface area (Å²) in [6, 6.07) is 11.7. The quantitative estimate of drug-likeness (QED) is 0.659. The summed E-state index contributed by atoms with van der Waals surface area (Å²) in [6.45, 7) is 5.75. The highest BCUT2D eigenvalue weighted by Crippen LogP contribution is 2.25. The molecule has 2 amide bonds. The zero-order valence-electron chi connectivity index (χ0n) is 16.3. The lowest BCUT2D eigenvalue weighted by atomic mass is 10.0. The third-order valence-electron chi connectivity index (χ3n) is 4.35. The maximum absolute atomic E-state index is 12.8. The second-order valence-corrected chi connectivity index (χ2v) is 8.06. The molecular weight excluding hydrogens is 374 g/mol. The highest BCUT2D eigenvalue weighted by atomic mass is 32.1. The van der Waals surface area contributed by atoms with Crippen LogP contribution >= 0.6 is 11.3 Å². The molecule has 0 fully saturated rings. The van der Waals surface area contributed by atoms with Gasteiger partial charge in [-0.05, 0) is 55.3 Å². The van der Waals surface area contributed by atoms with Crippen LogP contribution in [-0.2, 0) is 4.79 Å². The standard InChI is InChI=1S/C21H23N3O3S/c1-12(2)19(24-20(25)14-5-8-16(27-4)9-6-14)21(26)23-15-7-10-17-18(11-15)28-13(3)22-17/h5-12,19H,1-4H3,(H,23,26)(H,24,25)/t19-/m0/s1. The number of amides is 2. The van der Waals surface area contributed by atoms with E-state index in [2.05, 4.69) is 15.6 Å². The lowest BCUT2D eigenvalue weighted by Gasteiger charge is -2.22. The van der Waals surface area contributed by atoms with Crippen LogP contribution in [0.25, 0.3) is 10.2 Å². The van der Waals surface area contributed by atoms with Crippen molar-refractivity contribution in [2.75, 3.05) is 12.4 Å². The molecule has 2 aromatic carbocycles.